The van der Waals surface area contributed by atoms with E-state index < -0.39 is 0 Å². The Morgan fingerprint density at radius 3 is 2.67 bits per heavy atom. The number of rotatable bonds is 0. The molecular weight excluding hydrogens is 192 g/mol. The lowest BCUT2D eigenvalue weighted by molar-refractivity contribution is 0.476. The number of benzene rings is 2. The molecule has 3 aromatic rings. The molecule has 0 aliphatic rings. The van der Waals surface area contributed by atoms with Gasteiger partial charge in [-0.1, -0.05) is 6.07 Å². The van der Waals surface area contributed by atoms with Gasteiger partial charge in [0.1, 0.15) is 22.7 Å². The van der Waals surface area contributed by atoms with Crippen LogP contribution in [-0.4, -0.2) is 10.2 Å². The van der Waals surface area contributed by atoms with Gasteiger partial charge < -0.3 is 14.6 Å². The first kappa shape index (κ1) is 8.17. The van der Waals surface area contributed by atoms with Crippen LogP contribution >= 0.6 is 0 Å². The van der Waals surface area contributed by atoms with Crippen LogP contribution in [-0.2, 0) is 0 Å². The number of phenols is 2. The molecule has 0 aliphatic carbocycles. The van der Waals surface area contributed by atoms with E-state index >= 15 is 0 Å². The zero-order chi connectivity index (χ0) is 10.4. The SMILES string of the molecule is Oc1ccc2oc3cccc(O)c3c2c1. The summed E-state index contributed by atoms with van der Waals surface area (Å²) in [6.07, 6.45) is 0. The van der Waals surface area contributed by atoms with Gasteiger partial charge in [-0.15, -0.1) is 0 Å². The van der Waals surface area contributed by atoms with Crippen LogP contribution in [0, 0.1) is 0 Å². The van der Waals surface area contributed by atoms with Crippen LogP contribution in [0.1, 0.15) is 0 Å². The zero-order valence-corrected chi connectivity index (χ0v) is 7.77. The van der Waals surface area contributed by atoms with Gasteiger partial charge in [0.25, 0.3) is 0 Å². The van der Waals surface area contributed by atoms with Gasteiger partial charge in [0.15, 0.2) is 0 Å². The van der Waals surface area contributed by atoms with Gasteiger partial charge >= 0.3 is 0 Å². The Labute approximate surface area is 85.2 Å². The Bertz CT molecular complexity index is 652. The predicted octanol–water partition coefficient (Wildman–Crippen LogP) is 3.00. The molecule has 0 bridgehead atoms. The average molecular weight is 200 g/mol. The molecule has 1 heterocycles. The van der Waals surface area contributed by atoms with E-state index in [9.17, 15) is 10.2 Å². The normalized spacial score (nSPS) is 11.2. The second kappa shape index (κ2) is 2.67. The molecule has 2 N–H and O–H groups in total. The van der Waals surface area contributed by atoms with Crippen molar-refractivity contribution in [2.45, 2.75) is 0 Å². The molecule has 15 heavy (non-hydrogen) atoms. The number of fused-ring (bicyclic) bond motifs is 3. The highest BCUT2D eigenvalue weighted by Crippen LogP contribution is 2.35. The van der Waals surface area contributed by atoms with E-state index in [1.165, 1.54) is 0 Å². The number of furan rings is 1. The highest BCUT2D eigenvalue weighted by atomic mass is 16.3. The van der Waals surface area contributed by atoms with Gasteiger partial charge in [0.05, 0.1) is 5.39 Å². The summed E-state index contributed by atoms with van der Waals surface area (Å²) in [5.41, 5.74) is 1.28. The molecule has 0 saturated heterocycles. The van der Waals surface area contributed by atoms with Crippen molar-refractivity contribution in [2.24, 2.45) is 0 Å². The smallest absolute Gasteiger partial charge is 0.139 e. The van der Waals surface area contributed by atoms with E-state index in [0.717, 1.165) is 5.39 Å². The van der Waals surface area contributed by atoms with Crippen molar-refractivity contribution >= 4 is 21.9 Å². The maximum Gasteiger partial charge on any atom is 0.139 e. The van der Waals surface area contributed by atoms with Crippen molar-refractivity contribution in [1.82, 2.24) is 0 Å². The molecule has 3 nitrogen and oxygen atoms in total. The highest BCUT2D eigenvalue weighted by Gasteiger charge is 2.10. The summed E-state index contributed by atoms with van der Waals surface area (Å²) in [6, 6.07) is 9.93. The Kier molecular flexibility index (Phi) is 1.45. The summed E-state index contributed by atoms with van der Waals surface area (Å²) in [4.78, 5) is 0. The number of phenolic OH excluding ortho intramolecular Hbond substituents is 2. The quantitative estimate of drug-likeness (QED) is 0.586. The third-order valence-electron chi connectivity index (χ3n) is 2.46. The van der Waals surface area contributed by atoms with E-state index in [1.807, 2.05) is 0 Å². The summed E-state index contributed by atoms with van der Waals surface area (Å²) in [5.74, 6) is 0.324. The molecule has 0 radical (unpaired) electrons. The second-order valence-electron chi connectivity index (χ2n) is 3.43. The van der Waals surface area contributed by atoms with Gasteiger partial charge in [-0.3, -0.25) is 0 Å². The second-order valence-corrected chi connectivity index (χ2v) is 3.43. The summed E-state index contributed by atoms with van der Waals surface area (Å²) < 4.78 is 5.52. The minimum atomic E-state index is 0.161. The summed E-state index contributed by atoms with van der Waals surface area (Å²) >= 11 is 0. The molecule has 0 fully saturated rings. The Morgan fingerprint density at radius 1 is 0.933 bits per heavy atom. The lowest BCUT2D eigenvalue weighted by Gasteiger charge is -1.93. The van der Waals surface area contributed by atoms with E-state index in [-0.39, 0.29) is 11.5 Å². The van der Waals surface area contributed by atoms with Crippen LogP contribution in [0.4, 0.5) is 0 Å². The fourth-order valence-electron chi connectivity index (χ4n) is 1.80. The van der Waals surface area contributed by atoms with Crippen LogP contribution in [0.5, 0.6) is 11.5 Å². The third kappa shape index (κ3) is 1.06. The van der Waals surface area contributed by atoms with Crippen molar-refractivity contribution in [3.63, 3.8) is 0 Å². The van der Waals surface area contributed by atoms with Crippen molar-refractivity contribution < 1.29 is 14.6 Å². The van der Waals surface area contributed by atoms with Crippen molar-refractivity contribution in [3.05, 3.63) is 36.4 Å². The van der Waals surface area contributed by atoms with Gasteiger partial charge in [-0.25, -0.2) is 0 Å². The van der Waals surface area contributed by atoms with Crippen LogP contribution in [0.2, 0.25) is 0 Å². The predicted molar refractivity (Wildman–Crippen MR) is 57.0 cm³/mol. The third-order valence-corrected chi connectivity index (χ3v) is 2.46. The Morgan fingerprint density at radius 2 is 1.80 bits per heavy atom. The van der Waals surface area contributed by atoms with E-state index in [0.29, 0.717) is 16.6 Å². The standard InChI is InChI=1S/C12H8O3/c13-7-4-5-10-8(6-7)12-9(14)2-1-3-11(12)15-10/h1-6,13-14H. The van der Waals surface area contributed by atoms with Gasteiger partial charge in [0, 0.05) is 5.39 Å². The highest BCUT2D eigenvalue weighted by molar-refractivity contribution is 6.08. The van der Waals surface area contributed by atoms with E-state index in [1.54, 1.807) is 36.4 Å². The maximum atomic E-state index is 9.71. The molecule has 0 aliphatic heterocycles. The Hall–Kier alpha value is -2.16. The fraction of sp³-hybridized carbons (Fsp3) is 0. The molecular formula is C12H8O3. The zero-order valence-electron chi connectivity index (χ0n) is 7.77. The fourth-order valence-corrected chi connectivity index (χ4v) is 1.80. The summed E-state index contributed by atoms with van der Waals surface area (Å²) in [5, 5.41) is 20.5. The lowest BCUT2D eigenvalue weighted by atomic mass is 10.1. The molecule has 1 aromatic heterocycles. The first-order valence-corrected chi connectivity index (χ1v) is 4.59. The molecule has 3 rings (SSSR count). The summed E-state index contributed by atoms with van der Waals surface area (Å²) in [6.45, 7) is 0. The molecule has 74 valence electrons. The van der Waals surface area contributed by atoms with E-state index in [2.05, 4.69) is 0 Å². The largest absolute Gasteiger partial charge is 0.508 e. The van der Waals surface area contributed by atoms with Crippen LogP contribution in [0.3, 0.4) is 0 Å². The number of aromatic hydroxyl groups is 2. The monoisotopic (exact) mass is 200 g/mol. The number of hydrogen-bond acceptors (Lipinski definition) is 3. The molecule has 0 spiro atoms. The molecule has 3 heteroatoms. The first-order valence-electron chi connectivity index (χ1n) is 4.59. The van der Waals surface area contributed by atoms with Crippen LogP contribution in [0.25, 0.3) is 21.9 Å². The molecule has 2 aromatic carbocycles. The maximum absolute atomic E-state index is 9.71. The molecule has 0 amide bonds. The minimum absolute atomic E-state index is 0.161. The van der Waals surface area contributed by atoms with Crippen LogP contribution in [0.15, 0.2) is 40.8 Å². The van der Waals surface area contributed by atoms with Gasteiger partial charge in [-0.2, -0.15) is 0 Å². The van der Waals surface area contributed by atoms with Crippen molar-refractivity contribution in [2.75, 3.05) is 0 Å². The lowest BCUT2D eigenvalue weighted by Crippen LogP contribution is -1.68. The van der Waals surface area contributed by atoms with Gasteiger partial charge in [-0.05, 0) is 30.3 Å². The molecule has 0 saturated carbocycles. The number of hydrogen-bond donors (Lipinski definition) is 2. The molecule has 0 unspecified atom stereocenters. The Balaban J connectivity index is 2.61. The van der Waals surface area contributed by atoms with Gasteiger partial charge in [0.2, 0.25) is 0 Å². The molecule has 0 atom stereocenters. The van der Waals surface area contributed by atoms with Crippen molar-refractivity contribution in [3.8, 4) is 11.5 Å². The average Bonchev–Trinajstić information content (AvgIpc) is 2.57. The minimum Gasteiger partial charge on any atom is -0.508 e. The van der Waals surface area contributed by atoms with Crippen LogP contribution < -0.4 is 0 Å². The van der Waals surface area contributed by atoms with E-state index in [4.69, 9.17) is 4.42 Å². The topological polar surface area (TPSA) is 53.6 Å². The first-order chi connectivity index (χ1) is 7.25. The summed E-state index contributed by atoms with van der Waals surface area (Å²) in [7, 11) is 0. The van der Waals surface area contributed by atoms with Crippen molar-refractivity contribution in [1.29, 1.82) is 0 Å².